The average molecular weight is 338 g/mol. The molecule has 25 heavy (non-hydrogen) atoms. The number of phenols is 1. The Morgan fingerprint density at radius 2 is 1.84 bits per heavy atom. The summed E-state index contributed by atoms with van der Waals surface area (Å²) < 4.78 is 1.53. The van der Waals surface area contributed by atoms with Gasteiger partial charge in [-0.2, -0.15) is 9.38 Å². The molecule has 3 heterocycles. The van der Waals surface area contributed by atoms with E-state index in [-0.39, 0.29) is 16.5 Å². The Morgan fingerprint density at radius 1 is 1.12 bits per heavy atom. The highest BCUT2D eigenvalue weighted by Gasteiger charge is 2.30. The van der Waals surface area contributed by atoms with Gasteiger partial charge in [-0.25, -0.2) is 0 Å². The first-order chi connectivity index (χ1) is 12.1. The van der Waals surface area contributed by atoms with Crippen LogP contribution in [-0.2, 0) is 0 Å². The normalized spacial score (nSPS) is 15.6. The van der Waals surface area contributed by atoms with Crippen LogP contribution >= 0.6 is 0 Å². The third-order valence-electron chi connectivity index (χ3n) is 4.82. The maximum Gasteiger partial charge on any atom is 0.372 e. The Bertz CT molecular complexity index is 912. The van der Waals surface area contributed by atoms with E-state index in [1.807, 2.05) is 23.1 Å². The van der Waals surface area contributed by atoms with Crippen LogP contribution in [0.1, 0.15) is 24.3 Å². The number of aromatic nitrogens is 2. The van der Waals surface area contributed by atoms with Crippen molar-refractivity contribution in [1.82, 2.24) is 9.38 Å². The van der Waals surface area contributed by atoms with Crippen LogP contribution < -0.4 is 4.90 Å². The van der Waals surface area contributed by atoms with Gasteiger partial charge >= 0.3 is 5.82 Å². The maximum atomic E-state index is 11.6. The first-order valence-corrected chi connectivity index (χ1v) is 8.29. The number of pyridine rings is 1. The quantitative estimate of drug-likeness (QED) is 0.585. The number of benzene rings is 1. The number of imidazole rings is 1. The lowest BCUT2D eigenvalue weighted by atomic mass is 9.89. The van der Waals surface area contributed by atoms with Crippen molar-refractivity contribution in [2.45, 2.75) is 18.8 Å². The van der Waals surface area contributed by atoms with Gasteiger partial charge in [0.1, 0.15) is 5.75 Å². The summed E-state index contributed by atoms with van der Waals surface area (Å²) in [7, 11) is 0. The van der Waals surface area contributed by atoms with Gasteiger partial charge in [0.05, 0.1) is 6.20 Å². The highest BCUT2D eigenvalue weighted by molar-refractivity contribution is 5.63. The van der Waals surface area contributed by atoms with E-state index in [2.05, 4.69) is 4.98 Å². The molecule has 0 amide bonds. The van der Waals surface area contributed by atoms with Crippen LogP contribution in [0.25, 0.3) is 5.65 Å². The summed E-state index contributed by atoms with van der Waals surface area (Å²) >= 11 is 0. The molecule has 1 aliphatic heterocycles. The van der Waals surface area contributed by atoms with E-state index >= 15 is 0 Å². The lowest BCUT2D eigenvalue weighted by Crippen LogP contribution is -2.33. The third-order valence-corrected chi connectivity index (χ3v) is 4.82. The molecule has 1 aromatic carbocycles. The summed E-state index contributed by atoms with van der Waals surface area (Å²) in [5, 5.41) is 21.0. The molecule has 7 nitrogen and oxygen atoms in total. The molecule has 4 rings (SSSR count). The topological polar surface area (TPSA) is 83.9 Å². The van der Waals surface area contributed by atoms with Crippen molar-refractivity contribution in [1.29, 1.82) is 0 Å². The summed E-state index contributed by atoms with van der Waals surface area (Å²) in [4.78, 5) is 17.7. The van der Waals surface area contributed by atoms with Crippen LogP contribution in [0.5, 0.6) is 5.75 Å². The molecule has 1 aliphatic rings. The number of nitrogens with zero attached hydrogens (tertiary/aromatic N) is 4. The van der Waals surface area contributed by atoms with Crippen molar-refractivity contribution < 1.29 is 10.0 Å². The Balaban J connectivity index is 1.58. The molecule has 2 aromatic heterocycles. The van der Waals surface area contributed by atoms with Crippen molar-refractivity contribution >= 4 is 17.3 Å². The van der Waals surface area contributed by atoms with E-state index < -0.39 is 0 Å². The van der Waals surface area contributed by atoms with Gasteiger partial charge in [-0.15, -0.1) is 0 Å². The fourth-order valence-corrected chi connectivity index (χ4v) is 3.52. The van der Waals surface area contributed by atoms with Gasteiger partial charge in [0, 0.05) is 19.2 Å². The fourth-order valence-electron chi connectivity index (χ4n) is 3.52. The largest absolute Gasteiger partial charge is 0.508 e. The molecule has 0 atom stereocenters. The maximum absolute atomic E-state index is 11.6. The summed E-state index contributed by atoms with van der Waals surface area (Å²) in [5.41, 5.74) is 1.78. The number of hydrogen-bond donors (Lipinski definition) is 1. The van der Waals surface area contributed by atoms with E-state index in [1.165, 1.54) is 9.96 Å². The fraction of sp³-hybridized carbons (Fsp3) is 0.278. The van der Waals surface area contributed by atoms with Gasteiger partial charge in [0.25, 0.3) is 0 Å². The second-order valence-electron chi connectivity index (χ2n) is 6.30. The van der Waals surface area contributed by atoms with E-state index in [9.17, 15) is 15.2 Å². The van der Waals surface area contributed by atoms with Crippen LogP contribution in [0.15, 0.2) is 48.7 Å². The van der Waals surface area contributed by atoms with Crippen molar-refractivity contribution in [3.63, 3.8) is 0 Å². The van der Waals surface area contributed by atoms with Crippen LogP contribution in [0.2, 0.25) is 0 Å². The van der Waals surface area contributed by atoms with Crippen molar-refractivity contribution in [3.05, 3.63) is 64.3 Å². The summed E-state index contributed by atoms with van der Waals surface area (Å²) in [6.45, 7) is 1.44. The minimum Gasteiger partial charge on any atom is -0.508 e. The second-order valence-corrected chi connectivity index (χ2v) is 6.30. The minimum absolute atomic E-state index is 0.0266. The summed E-state index contributed by atoms with van der Waals surface area (Å²) in [6, 6.07) is 12.7. The molecule has 1 N–H and O–H groups in total. The molecule has 0 bridgehead atoms. The Morgan fingerprint density at radius 3 is 2.52 bits per heavy atom. The molecule has 0 spiro atoms. The number of piperidine rings is 1. The SMILES string of the molecule is O=[N+]([O-])c1c(N2CCC(c3ccc(O)cc3)CC2)nc2ccccn12. The van der Waals surface area contributed by atoms with Crippen molar-refractivity contribution in [2.24, 2.45) is 0 Å². The molecule has 3 aromatic rings. The predicted molar refractivity (Wildman–Crippen MR) is 94.1 cm³/mol. The zero-order valence-corrected chi connectivity index (χ0v) is 13.6. The Hall–Kier alpha value is -3.09. The van der Waals surface area contributed by atoms with Gasteiger partial charge in [0.15, 0.2) is 0 Å². The molecule has 0 radical (unpaired) electrons. The van der Waals surface area contributed by atoms with Gasteiger partial charge < -0.3 is 20.1 Å². The first kappa shape index (κ1) is 15.4. The van der Waals surface area contributed by atoms with Crippen LogP contribution in [0.3, 0.4) is 0 Å². The van der Waals surface area contributed by atoms with Gasteiger partial charge in [-0.3, -0.25) is 0 Å². The van der Waals surface area contributed by atoms with Gasteiger partial charge in [-0.05, 0) is 47.4 Å². The minimum atomic E-state index is -0.360. The predicted octanol–water partition coefficient (Wildman–Crippen LogP) is 3.33. The lowest BCUT2D eigenvalue weighted by Gasteiger charge is -2.31. The third kappa shape index (κ3) is 2.77. The molecule has 1 fully saturated rings. The van der Waals surface area contributed by atoms with Crippen molar-refractivity contribution in [3.8, 4) is 5.75 Å². The molecule has 0 unspecified atom stereocenters. The van der Waals surface area contributed by atoms with Crippen LogP contribution in [-0.4, -0.2) is 32.5 Å². The molecule has 0 aliphatic carbocycles. The van der Waals surface area contributed by atoms with Crippen LogP contribution in [0.4, 0.5) is 11.6 Å². The van der Waals surface area contributed by atoms with Crippen molar-refractivity contribution in [2.75, 3.05) is 18.0 Å². The number of aromatic hydroxyl groups is 1. The number of anilines is 1. The zero-order chi connectivity index (χ0) is 17.4. The number of phenolic OH excluding ortho intramolecular Hbond substituents is 1. The van der Waals surface area contributed by atoms with E-state index in [4.69, 9.17) is 0 Å². The smallest absolute Gasteiger partial charge is 0.372 e. The van der Waals surface area contributed by atoms with Crippen LogP contribution in [0, 0.1) is 10.1 Å². The van der Waals surface area contributed by atoms with E-state index in [1.54, 1.807) is 30.5 Å². The molecule has 128 valence electrons. The average Bonchev–Trinajstić information content (AvgIpc) is 3.02. The number of hydrogen-bond acceptors (Lipinski definition) is 5. The van der Waals surface area contributed by atoms with E-state index in [0.29, 0.717) is 17.4 Å². The van der Waals surface area contributed by atoms with Gasteiger partial charge in [-0.1, -0.05) is 18.2 Å². The highest BCUT2D eigenvalue weighted by atomic mass is 16.6. The number of fused-ring (bicyclic) bond motifs is 1. The molecule has 1 saturated heterocycles. The molecular formula is C18H18N4O3. The van der Waals surface area contributed by atoms with E-state index in [0.717, 1.165) is 25.9 Å². The molecule has 7 heteroatoms. The lowest BCUT2D eigenvalue weighted by molar-refractivity contribution is -0.389. The first-order valence-electron chi connectivity index (χ1n) is 8.29. The molecular weight excluding hydrogens is 320 g/mol. The zero-order valence-electron chi connectivity index (χ0n) is 13.6. The Labute approximate surface area is 144 Å². The molecule has 0 saturated carbocycles. The number of nitro groups is 1. The van der Waals surface area contributed by atoms with Gasteiger partial charge in [0.2, 0.25) is 11.5 Å². The monoisotopic (exact) mass is 338 g/mol. The second kappa shape index (κ2) is 6.08. The Kier molecular flexibility index (Phi) is 3.76. The number of rotatable bonds is 3. The highest BCUT2D eigenvalue weighted by Crippen LogP contribution is 2.35. The summed E-state index contributed by atoms with van der Waals surface area (Å²) in [5.74, 6) is 1.13. The summed E-state index contributed by atoms with van der Waals surface area (Å²) in [6.07, 6.45) is 3.47. The standard InChI is InChI=1S/C18H18N4O3/c23-15-6-4-13(5-7-15)14-8-11-20(12-9-14)17-18(22(24)25)21-10-2-1-3-16(21)19-17/h1-7,10,14,23H,8-9,11-12H2.